The molecule has 0 amide bonds. The van der Waals surface area contributed by atoms with Crippen LogP contribution in [0, 0.1) is 11.6 Å². The second-order valence-corrected chi connectivity index (χ2v) is 8.23. The third-order valence-electron chi connectivity index (χ3n) is 5.27. The number of benzene rings is 2. The minimum absolute atomic E-state index is 0.291. The van der Waals surface area contributed by atoms with E-state index in [4.69, 9.17) is 0 Å². The molecule has 0 spiro atoms. The van der Waals surface area contributed by atoms with E-state index in [9.17, 15) is 8.78 Å². The van der Waals surface area contributed by atoms with Crippen LogP contribution >= 0.6 is 11.8 Å². The molecule has 0 bridgehead atoms. The van der Waals surface area contributed by atoms with E-state index >= 15 is 0 Å². The predicted octanol–water partition coefficient (Wildman–Crippen LogP) is 5.53. The Morgan fingerprint density at radius 2 is 1.61 bits per heavy atom. The zero-order chi connectivity index (χ0) is 19.5. The summed E-state index contributed by atoms with van der Waals surface area (Å²) in [5, 5.41) is 0. The van der Waals surface area contributed by atoms with Gasteiger partial charge in [0.1, 0.15) is 11.6 Å². The van der Waals surface area contributed by atoms with Crippen molar-refractivity contribution in [1.82, 2.24) is 9.47 Å². The summed E-state index contributed by atoms with van der Waals surface area (Å²) in [5.41, 5.74) is 3.87. The van der Waals surface area contributed by atoms with E-state index in [0.29, 0.717) is 16.9 Å². The lowest BCUT2D eigenvalue weighted by Gasteiger charge is -2.26. The van der Waals surface area contributed by atoms with E-state index in [-0.39, 0.29) is 11.6 Å². The summed E-state index contributed by atoms with van der Waals surface area (Å²) < 4.78 is 31.3. The van der Waals surface area contributed by atoms with Crippen molar-refractivity contribution in [2.45, 2.75) is 19.9 Å². The summed E-state index contributed by atoms with van der Waals surface area (Å²) >= 11 is 1.98. The number of hydrogen-bond acceptors (Lipinski definition) is 2. The average molecular weight is 399 g/mol. The first kappa shape index (κ1) is 19.2. The highest BCUT2D eigenvalue weighted by atomic mass is 32.2. The second-order valence-electron chi connectivity index (χ2n) is 7.01. The summed E-state index contributed by atoms with van der Waals surface area (Å²) in [4.78, 5) is 2.43. The van der Waals surface area contributed by atoms with Crippen molar-refractivity contribution in [1.29, 1.82) is 0 Å². The Kier molecular flexibility index (Phi) is 5.83. The average Bonchev–Trinajstić information content (AvgIpc) is 3.07. The highest BCUT2D eigenvalue weighted by Crippen LogP contribution is 2.33. The maximum atomic E-state index is 14.7. The van der Waals surface area contributed by atoms with Crippen LogP contribution in [-0.4, -0.2) is 34.1 Å². The lowest BCUT2D eigenvalue weighted by molar-refractivity contribution is 0.293. The van der Waals surface area contributed by atoms with Gasteiger partial charge in [-0.3, -0.25) is 4.90 Å². The molecule has 0 N–H and O–H groups in total. The first-order chi connectivity index (χ1) is 13.7. The summed E-state index contributed by atoms with van der Waals surface area (Å²) in [5.74, 6) is 1.68. The van der Waals surface area contributed by atoms with E-state index in [1.165, 1.54) is 12.1 Å². The third-order valence-corrected chi connectivity index (χ3v) is 6.21. The molecular weight excluding hydrogens is 374 g/mol. The molecule has 2 nitrogen and oxygen atoms in total. The lowest BCUT2D eigenvalue weighted by Crippen LogP contribution is -2.32. The van der Waals surface area contributed by atoms with Crippen molar-refractivity contribution in [3.8, 4) is 16.9 Å². The number of para-hydroxylation sites is 1. The van der Waals surface area contributed by atoms with Crippen LogP contribution in [0.1, 0.15) is 18.2 Å². The van der Waals surface area contributed by atoms with E-state index in [1.54, 1.807) is 24.3 Å². The molecular formula is C23H24F2N2S. The maximum Gasteiger partial charge on any atom is 0.147 e. The molecule has 3 aromatic rings. The quantitative estimate of drug-likeness (QED) is 0.558. The van der Waals surface area contributed by atoms with Crippen LogP contribution in [0.25, 0.3) is 16.9 Å². The van der Waals surface area contributed by atoms with Crippen molar-refractivity contribution in [3.63, 3.8) is 0 Å². The number of thioether (sulfide) groups is 1. The first-order valence-corrected chi connectivity index (χ1v) is 10.9. The standard InChI is InChI=1S/C23H24F2N2S/c1-2-21-17(16-26-11-13-28-14-12-26)15-23(18-7-3-4-8-19(18)24)27(21)22-10-6-5-9-20(22)25/h3-10,15H,2,11-14,16H2,1H3. The zero-order valence-electron chi connectivity index (χ0n) is 16.0. The second kappa shape index (κ2) is 8.50. The van der Waals surface area contributed by atoms with Crippen LogP contribution in [-0.2, 0) is 13.0 Å². The van der Waals surface area contributed by atoms with Crippen molar-refractivity contribution >= 4 is 11.8 Å². The van der Waals surface area contributed by atoms with E-state index in [0.717, 1.165) is 48.8 Å². The van der Waals surface area contributed by atoms with Gasteiger partial charge in [-0.1, -0.05) is 31.2 Å². The Balaban J connectivity index is 1.88. The minimum Gasteiger partial charge on any atom is -0.310 e. The van der Waals surface area contributed by atoms with Crippen LogP contribution in [0.5, 0.6) is 0 Å². The van der Waals surface area contributed by atoms with Crippen LogP contribution < -0.4 is 0 Å². The van der Waals surface area contributed by atoms with E-state index in [2.05, 4.69) is 11.8 Å². The van der Waals surface area contributed by atoms with Crippen LogP contribution in [0.15, 0.2) is 54.6 Å². The van der Waals surface area contributed by atoms with E-state index < -0.39 is 0 Å². The molecule has 28 heavy (non-hydrogen) atoms. The van der Waals surface area contributed by atoms with E-state index in [1.807, 2.05) is 34.5 Å². The molecule has 1 fully saturated rings. The molecule has 2 heterocycles. The fourth-order valence-corrected chi connectivity index (χ4v) is 4.88. The molecule has 0 saturated carbocycles. The van der Waals surface area contributed by atoms with Gasteiger partial charge >= 0.3 is 0 Å². The minimum atomic E-state index is -0.300. The Bertz CT molecular complexity index is 961. The van der Waals surface area contributed by atoms with Gasteiger partial charge in [-0.05, 0) is 42.3 Å². The maximum absolute atomic E-state index is 14.7. The van der Waals surface area contributed by atoms with Gasteiger partial charge in [0.25, 0.3) is 0 Å². The summed E-state index contributed by atoms with van der Waals surface area (Å²) in [7, 11) is 0. The van der Waals surface area contributed by atoms with Gasteiger partial charge in [0.2, 0.25) is 0 Å². The van der Waals surface area contributed by atoms with Gasteiger partial charge in [0.05, 0.1) is 11.4 Å². The molecule has 4 rings (SSSR count). The first-order valence-electron chi connectivity index (χ1n) is 9.72. The molecule has 5 heteroatoms. The molecule has 146 valence electrons. The van der Waals surface area contributed by atoms with Crippen molar-refractivity contribution in [2.75, 3.05) is 24.6 Å². The van der Waals surface area contributed by atoms with Gasteiger partial charge < -0.3 is 4.57 Å². The molecule has 1 saturated heterocycles. The van der Waals surface area contributed by atoms with Gasteiger partial charge in [-0.25, -0.2) is 8.78 Å². The highest BCUT2D eigenvalue weighted by molar-refractivity contribution is 7.99. The third kappa shape index (κ3) is 3.74. The number of nitrogens with zero attached hydrogens (tertiary/aromatic N) is 2. The number of aromatic nitrogens is 1. The van der Waals surface area contributed by atoms with Gasteiger partial charge in [0, 0.05) is 42.4 Å². The fourth-order valence-electron chi connectivity index (χ4n) is 3.90. The van der Waals surface area contributed by atoms with Crippen LogP contribution in [0.4, 0.5) is 8.78 Å². The fraction of sp³-hybridized carbons (Fsp3) is 0.304. The number of rotatable bonds is 5. The van der Waals surface area contributed by atoms with Crippen molar-refractivity contribution < 1.29 is 8.78 Å². The lowest BCUT2D eigenvalue weighted by atomic mass is 10.1. The Morgan fingerprint density at radius 1 is 0.929 bits per heavy atom. The summed E-state index contributed by atoms with van der Waals surface area (Å²) in [6.45, 7) is 4.99. The predicted molar refractivity (Wildman–Crippen MR) is 113 cm³/mol. The SMILES string of the molecule is CCc1c(CN2CCSCC2)cc(-c2ccccc2F)n1-c1ccccc1F. The molecule has 1 aliphatic heterocycles. The summed E-state index contributed by atoms with van der Waals surface area (Å²) in [6.07, 6.45) is 0.751. The smallest absolute Gasteiger partial charge is 0.147 e. The Hall–Kier alpha value is -2.11. The molecule has 1 aliphatic rings. The molecule has 2 aromatic carbocycles. The molecule has 0 aliphatic carbocycles. The van der Waals surface area contributed by atoms with Crippen LogP contribution in [0.3, 0.4) is 0 Å². The normalized spacial score (nSPS) is 15.1. The van der Waals surface area contributed by atoms with Gasteiger partial charge in [-0.15, -0.1) is 0 Å². The number of hydrogen-bond donors (Lipinski definition) is 0. The van der Waals surface area contributed by atoms with Crippen LogP contribution in [0.2, 0.25) is 0 Å². The summed E-state index contributed by atoms with van der Waals surface area (Å²) in [6, 6.07) is 15.5. The Labute approximate surface area is 169 Å². The van der Waals surface area contributed by atoms with Gasteiger partial charge in [0.15, 0.2) is 0 Å². The monoisotopic (exact) mass is 398 g/mol. The zero-order valence-corrected chi connectivity index (χ0v) is 16.8. The molecule has 0 atom stereocenters. The topological polar surface area (TPSA) is 8.17 Å². The van der Waals surface area contributed by atoms with Crippen molar-refractivity contribution in [2.24, 2.45) is 0 Å². The Morgan fingerprint density at radius 3 is 2.29 bits per heavy atom. The molecule has 0 radical (unpaired) electrons. The molecule has 0 unspecified atom stereocenters. The molecule has 1 aromatic heterocycles. The largest absolute Gasteiger partial charge is 0.310 e. The number of halogens is 2. The van der Waals surface area contributed by atoms with Crippen molar-refractivity contribution in [3.05, 3.63) is 77.5 Å². The van der Waals surface area contributed by atoms with Gasteiger partial charge in [-0.2, -0.15) is 11.8 Å². The highest BCUT2D eigenvalue weighted by Gasteiger charge is 2.22.